The van der Waals surface area contributed by atoms with Gasteiger partial charge in [-0.3, -0.25) is 0 Å². The van der Waals surface area contributed by atoms with Crippen molar-refractivity contribution in [3.05, 3.63) is 23.6 Å². The number of halogens is 3. The number of hydrogen-bond donors (Lipinski definition) is 1. The zero-order valence-corrected chi connectivity index (χ0v) is 9.57. The van der Waals surface area contributed by atoms with E-state index < -0.39 is 17.6 Å². The lowest BCUT2D eigenvalue weighted by molar-refractivity contribution is 0.389. The summed E-state index contributed by atoms with van der Waals surface area (Å²) >= 11 is 0. The summed E-state index contributed by atoms with van der Waals surface area (Å²) in [5.74, 6) is -3.70. The Bertz CT molecular complexity index is 372. The van der Waals surface area contributed by atoms with Gasteiger partial charge in [0.15, 0.2) is 17.5 Å². The van der Waals surface area contributed by atoms with E-state index in [1.165, 1.54) is 0 Å². The second kappa shape index (κ2) is 4.72. The average Bonchev–Trinajstić information content (AvgIpc) is 2.11. The van der Waals surface area contributed by atoms with Crippen LogP contribution in [0.4, 0.5) is 19.0 Å². The van der Waals surface area contributed by atoms with Gasteiger partial charge in [0.25, 0.3) is 5.95 Å². The summed E-state index contributed by atoms with van der Waals surface area (Å²) < 4.78 is 38.4. The Kier molecular flexibility index (Phi) is 3.78. The van der Waals surface area contributed by atoms with Gasteiger partial charge >= 0.3 is 0 Å². The molecule has 0 saturated heterocycles. The zero-order valence-electron chi connectivity index (χ0n) is 9.57. The fourth-order valence-corrected chi connectivity index (χ4v) is 1.12. The predicted octanol–water partition coefficient (Wildman–Crippen LogP) is 3.35. The maximum atomic E-state index is 13.1. The van der Waals surface area contributed by atoms with Crippen molar-refractivity contribution in [3.8, 4) is 0 Å². The summed E-state index contributed by atoms with van der Waals surface area (Å²) in [6, 6.07) is 0.488. The quantitative estimate of drug-likeness (QED) is 0.808. The van der Waals surface area contributed by atoms with Crippen LogP contribution in [0.15, 0.2) is 6.07 Å². The number of aromatic nitrogens is 1. The molecule has 0 aliphatic rings. The molecular formula is C11H15F3N2. The molecule has 1 heterocycles. The smallest absolute Gasteiger partial charge is 0.251 e. The van der Waals surface area contributed by atoms with E-state index in [4.69, 9.17) is 0 Å². The third kappa shape index (κ3) is 3.72. The fourth-order valence-electron chi connectivity index (χ4n) is 1.12. The summed E-state index contributed by atoms with van der Waals surface area (Å²) in [6.07, 6.45) is 0.771. The molecule has 0 bridgehead atoms. The largest absolute Gasteiger partial charge is 0.368 e. The Labute approximate surface area is 92.9 Å². The molecule has 0 unspecified atom stereocenters. The van der Waals surface area contributed by atoms with Crippen LogP contribution in [0.25, 0.3) is 0 Å². The van der Waals surface area contributed by atoms with Gasteiger partial charge in [-0.1, -0.05) is 20.8 Å². The van der Waals surface area contributed by atoms with Crippen molar-refractivity contribution in [3.63, 3.8) is 0 Å². The van der Waals surface area contributed by atoms with Crippen LogP contribution in [-0.2, 0) is 0 Å². The van der Waals surface area contributed by atoms with Crippen molar-refractivity contribution in [1.29, 1.82) is 0 Å². The number of rotatable bonds is 3. The summed E-state index contributed by atoms with van der Waals surface area (Å²) in [4.78, 5) is 3.16. The predicted molar refractivity (Wildman–Crippen MR) is 56.7 cm³/mol. The van der Waals surface area contributed by atoms with Crippen LogP contribution >= 0.6 is 0 Å². The minimum Gasteiger partial charge on any atom is -0.368 e. The SMILES string of the molecule is CC(C)(C)CCNc1nc(F)c(F)cc1F. The van der Waals surface area contributed by atoms with Crippen molar-refractivity contribution in [2.75, 3.05) is 11.9 Å². The van der Waals surface area contributed by atoms with E-state index in [0.29, 0.717) is 12.6 Å². The normalized spacial score (nSPS) is 11.6. The van der Waals surface area contributed by atoms with Crippen LogP contribution in [-0.4, -0.2) is 11.5 Å². The Hall–Kier alpha value is -1.26. The summed E-state index contributed by atoms with van der Waals surface area (Å²) in [6.45, 7) is 6.55. The molecule has 1 rings (SSSR count). The van der Waals surface area contributed by atoms with Crippen molar-refractivity contribution in [2.45, 2.75) is 27.2 Å². The van der Waals surface area contributed by atoms with Crippen LogP contribution in [0.2, 0.25) is 0 Å². The first-order chi connectivity index (χ1) is 7.29. The molecular weight excluding hydrogens is 217 g/mol. The van der Waals surface area contributed by atoms with E-state index in [1.54, 1.807) is 0 Å². The van der Waals surface area contributed by atoms with E-state index in [2.05, 4.69) is 10.3 Å². The Morgan fingerprint density at radius 2 is 1.81 bits per heavy atom. The molecule has 16 heavy (non-hydrogen) atoms. The number of anilines is 1. The van der Waals surface area contributed by atoms with Gasteiger partial charge in [0, 0.05) is 12.6 Å². The first kappa shape index (κ1) is 12.8. The third-order valence-corrected chi connectivity index (χ3v) is 2.05. The Morgan fingerprint density at radius 3 is 2.38 bits per heavy atom. The standard InChI is InChI=1S/C11H15F3N2/c1-11(2,3)4-5-15-10-8(13)6-7(12)9(14)16-10/h6H,4-5H2,1-3H3,(H,15,16). The summed E-state index contributed by atoms with van der Waals surface area (Å²) in [7, 11) is 0. The molecule has 0 aromatic carbocycles. The van der Waals surface area contributed by atoms with Crippen molar-refractivity contribution < 1.29 is 13.2 Å². The highest BCUT2D eigenvalue weighted by Gasteiger charge is 2.13. The molecule has 0 fully saturated rings. The maximum absolute atomic E-state index is 13.1. The topological polar surface area (TPSA) is 24.9 Å². The van der Waals surface area contributed by atoms with Gasteiger partial charge in [0.1, 0.15) is 0 Å². The fraction of sp³-hybridized carbons (Fsp3) is 0.545. The molecule has 0 saturated carbocycles. The lowest BCUT2D eigenvalue weighted by Crippen LogP contribution is -2.14. The van der Waals surface area contributed by atoms with Crippen molar-refractivity contribution >= 4 is 5.82 Å². The second-order valence-corrected chi connectivity index (χ2v) is 4.83. The van der Waals surface area contributed by atoms with Crippen LogP contribution < -0.4 is 5.32 Å². The van der Waals surface area contributed by atoms with Crippen LogP contribution in [0.1, 0.15) is 27.2 Å². The van der Waals surface area contributed by atoms with Gasteiger partial charge in [-0.25, -0.2) is 8.78 Å². The number of nitrogens with one attached hydrogen (secondary N) is 1. The number of nitrogens with zero attached hydrogens (tertiary/aromatic N) is 1. The minimum atomic E-state index is -1.29. The highest BCUT2D eigenvalue weighted by atomic mass is 19.2. The summed E-state index contributed by atoms with van der Waals surface area (Å²) in [5, 5.41) is 2.64. The molecule has 1 N–H and O–H groups in total. The highest BCUT2D eigenvalue weighted by Crippen LogP contribution is 2.19. The van der Waals surface area contributed by atoms with Gasteiger partial charge in [0.2, 0.25) is 0 Å². The Balaban J connectivity index is 2.64. The molecule has 0 spiro atoms. The molecule has 2 nitrogen and oxygen atoms in total. The molecule has 1 aromatic rings. The minimum absolute atomic E-state index is 0.0854. The monoisotopic (exact) mass is 232 g/mol. The van der Waals surface area contributed by atoms with E-state index >= 15 is 0 Å². The van der Waals surface area contributed by atoms with Gasteiger partial charge in [-0.05, 0) is 11.8 Å². The van der Waals surface area contributed by atoms with Crippen molar-refractivity contribution in [1.82, 2.24) is 4.98 Å². The molecule has 90 valence electrons. The number of hydrogen-bond acceptors (Lipinski definition) is 2. The first-order valence-corrected chi connectivity index (χ1v) is 5.05. The average molecular weight is 232 g/mol. The van der Waals surface area contributed by atoms with Crippen molar-refractivity contribution in [2.24, 2.45) is 5.41 Å². The van der Waals surface area contributed by atoms with E-state index in [1.807, 2.05) is 20.8 Å². The molecule has 0 aliphatic heterocycles. The molecule has 0 radical (unpaired) electrons. The lowest BCUT2D eigenvalue weighted by Gasteiger charge is -2.18. The lowest BCUT2D eigenvalue weighted by atomic mass is 9.92. The van der Waals surface area contributed by atoms with E-state index in [9.17, 15) is 13.2 Å². The molecule has 0 atom stereocenters. The van der Waals surface area contributed by atoms with Gasteiger partial charge in [-0.15, -0.1) is 0 Å². The van der Waals surface area contributed by atoms with Crippen LogP contribution in [0.5, 0.6) is 0 Å². The first-order valence-electron chi connectivity index (χ1n) is 5.05. The molecule has 0 amide bonds. The van der Waals surface area contributed by atoms with E-state index in [-0.39, 0.29) is 11.2 Å². The Morgan fingerprint density at radius 1 is 1.19 bits per heavy atom. The van der Waals surface area contributed by atoms with Gasteiger partial charge < -0.3 is 5.32 Å². The van der Waals surface area contributed by atoms with Crippen LogP contribution in [0.3, 0.4) is 0 Å². The maximum Gasteiger partial charge on any atom is 0.251 e. The van der Waals surface area contributed by atoms with E-state index in [0.717, 1.165) is 6.42 Å². The third-order valence-electron chi connectivity index (χ3n) is 2.05. The molecule has 1 aromatic heterocycles. The van der Waals surface area contributed by atoms with Gasteiger partial charge in [0.05, 0.1) is 0 Å². The highest BCUT2D eigenvalue weighted by molar-refractivity contribution is 5.35. The zero-order chi connectivity index (χ0) is 12.3. The summed E-state index contributed by atoms with van der Waals surface area (Å²) in [5.41, 5.74) is 0.0854. The van der Waals surface area contributed by atoms with Crippen LogP contribution in [0, 0.1) is 23.0 Å². The molecule has 5 heteroatoms. The second-order valence-electron chi connectivity index (χ2n) is 4.83. The van der Waals surface area contributed by atoms with Gasteiger partial charge in [-0.2, -0.15) is 9.37 Å². The molecule has 0 aliphatic carbocycles. The number of pyridine rings is 1.